The molecule has 16 heavy (non-hydrogen) atoms. The molecule has 1 aromatic carbocycles. The molecule has 1 heterocycles. The Morgan fingerprint density at radius 3 is 2.50 bits per heavy atom. The van der Waals surface area contributed by atoms with Crippen LogP contribution in [0.4, 0.5) is 11.4 Å². The van der Waals surface area contributed by atoms with Gasteiger partial charge in [-0.1, -0.05) is 35.9 Å². The minimum Gasteiger partial charge on any atom is -0.397 e. The number of hydrogen-bond acceptors (Lipinski definition) is 3. The van der Waals surface area contributed by atoms with Crippen molar-refractivity contribution < 1.29 is 0 Å². The zero-order valence-electron chi connectivity index (χ0n) is 8.87. The molecule has 0 aliphatic rings. The summed E-state index contributed by atoms with van der Waals surface area (Å²) >= 11 is 5.90. The molecule has 4 N–H and O–H groups in total. The maximum atomic E-state index is 5.90. The number of aromatic nitrogens is 1. The van der Waals surface area contributed by atoms with Crippen molar-refractivity contribution in [2.24, 2.45) is 0 Å². The minimum atomic E-state index is 0.285. The number of halogens is 1. The molecule has 4 heteroatoms. The molecule has 0 bridgehead atoms. The molecule has 1 aromatic heterocycles. The van der Waals surface area contributed by atoms with Crippen molar-refractivity contribution in [2.75, 3.05) is 11.5 Å². The number of hydrogen-bond donors (Lipinski definition) is 2. The van der Waals surface area contributed by atoms with Crippen molar-refractivity contribution in [2.45, 2.75) is 6.92 Å². The molecular formula is C12H12ClN3. The Hall–Kier alpha value is -1.74. The van der Waals surface area contributed by atoms with Gasteiger partial charge in [-0.25, -0.2) is 4.98 Å². The van der Waals surface area contributed by atoms with Gasteiger partial charge in [0.15, 0.2) is 5.15 Å². The lowest BCUT2D eigenvalue weighted by molar-refractivity contribution is 1.31. The fourth-order valence-corrected chi connectivity index (χ4v) is 1.72. The number of nitrogens with zero attached hydrogens (tertiary/aromatic N) is 1. The van der Waals surface area contributed by atoms with Crippen LogP contribution in [-0.4, -0.2) is 4.98 Å². The Labute approximate surface area is 99.1 Å². The summed E-state index contributed by atoms with van der Waals surface area (Å²) in [5.74, 6) is 0. The van der Waals surface area contributed by atoms with E-state index in [1.165, 1.54) is 0 Å². The first kappa shape index (κ1) is 10.8. The van der Waals surface area contributed by atoms with E-state index in [4.69, 9.17) is 23.1 Å². The number of pyridine rings is 1. The zero-order valence-corrected chi connectivity index (χ0v) is 9.62. The van der Waals surface area contributed by atoms with Gasteiger partial charge >= 0.3 is 0 Å². The van der Waals surface area contributed by atoms with E-state index in [1.807, 2.05) is 31.2 Å². The highest BCUT2D eigenvalue weighted by Gasteiger charge is 2.09. The molecule has 0 radical (unpaired) electrons. The highest BCUT2D eigenvalue weighted by Crippen LogP contribution is 2.30. The molecule has 2 rings (SSSR count). The lowest BCUT2D eigenvalue weighted by Gasteiger charge is -2.09. The van der Waals surface area contributed by atoms with Crippen LogP contribution in [0.25, 0.3) is 11.3 Å². The fraction of sp³-hybridized carbons (Fsp3) is 0.0833. The van der Waals surface area contributed by atoms with Crippen molar-refractivity contribution in [3.8, 4) is 11.3 Å². The number of anilines is 2. The summed E-state index contributed by atoms with van der Waals surface area (Å²) in [6.07, 6.45) is 0. The third kappa shape index (κ3) is 1.82. The Morgan fingerprint density at radius 1 is 1.12 bits per heavy atom. The third-order valence-corrected chi connectivity index (χ3v) is 2.74. The topological polar surface area (TPSA) is 64.9 Å². The van der Waals surface area contributed by atoms with Crippen LogP contribution in [-0.2, 0) is 0 Å². The molecule has 82 valence electrons. The number of benzene rings is 1. The number of nitrogen functional groups attached to an aromatic ring is 2. The van der Waals surface area contributed by atoms with Crippen LogP contribution in [0, 0.1) is 6.92 Å². The molecule has 2 aromatic rings. The van der Waals surface area contributed by atoms with Crippen molar-refractivity contribution in [1.82, 2.24) is 4.98 Å². The van der Waals surface area contributed by atoms with E-state index in [9.17, 15) is 0 Å². The number of rotatable bonds is 1. The van der Waals surface area contributed by atoms with E-state index >= 15 is 0 Å². The van der Waals surface area contributed by atoms with Gasteiger partial charge in [-0.15, -0.1) is 0 Å². The first-order chi connectivity index (χ1) is 7.59. The van der Waals surface area contributed by atoms with Crippen molar-refractivity contribution in [3.63, 3.8) is 0 Å². The summed E-state index contributed by atoms with van der Waals surface area (Å²) in [5.41, 5.74) is 15.2. The first-order valence-corrected chi connectivity index (χ1v) is 5.25. The summed E-state index contributed by atoms with van der Waals surface area (Å²) in [4.78, 5) is 4.22. The molecule has 0 saturated carbocycles. The van der Waals surface area contributed by atoms with E-state index in [1.54, 1.807) is 6.07 Å². The highest BCUT2D eigenvalue weighted by molar-refractivity contribution is 6.32. The second-order valence-corrected chi connectivity index (χ2v) is 3.98. The van der Waals surface area contributed by atoms with Crippen molar-refractivity contribution in [3.05, 3.63) is 41.0 Å². The zero-order chi connectivity index (χ0) is 11.7. The average molecular weight is 234 g/mol. The smallest absolute Gasteiger partial charge is 0.152 e. The Kier molecular flexibility index (Phi) is 2.71. The Morgan fingerprint density at radius 2 is 1.81 bits per heavy atom. The van der Waals surface area contributed by atoms with Crippen LogP contribution >= 0.6 is 11.6 Å². The van der Waals surface area contributed by atoms with Crippen LogP contribution in [0.3, 0.4) is 0 Å². The largest absolute Gasteiger partial charge is 0.397 e. The summed E-state index contributed by atoms with van der Waals surface area (Å²) in [7, 11) is 0. The van der Waals surface area contributed by atoms with E-state index in [-0.39, 0.29) is 5.15 Å². The van der Waals surface area contributed by atoms with Crippen LogP contribution in [0.15, 0.2) is 30.3 Å². The Bertz CT molecular complexity index is 538. The minimum absolute atomic E-state index is 0.285. The molecule has 3 nitrogen and oxygen atoms in total. The maximum Gasteiger partial charge on any atom is 0.152 e. The van der Waals surface area contributed by atoms with Gasteiger partial charge in [0.1, 0.15) is 0 Å². The van der Waals surface area contributed by atoms with Gasteiger partial charge in [-0.2, -0.15) is 0 Å². The number of aryl methyl sites for hydroxylation is 1. The van der Waals surface area contributed by atoms with Crippen LogP contribution in [0.5, 0.6) is 0 Å². The molecule has 0 unspecified atom stereocenters. The summed E-state index contributed by atoms with van der Waals surface area (Å²) in [6, 6.07) is 9.50. The van der Waals surface area contributed by atoms with Gasteiger partial charge in [0.2, 0.25) is 0 Å². The monoisotopic (exact) mass is 233 g/mol. The standard InChI is InChI=1S/C12H12ClN3/c1-7-4-2-3-5-8(7)11-9(14)6-10(15)12(13)16-11/h2-6H,14-15H2,1H3. The quantitative estimate of drug-likeness (QED) is 0.745. The maximum absolute atomic E-state index is 5.90. The predicted octanol–water partition coefficient (Wildman–Crippen LogP) is 2.87. The van der Waals surface area contributed by atoms with Gasteiger partial charge in [-0.05, 0) is 18.6 Å². The van der Waals surface area contributed by atoms with E-state index < -0.39 is 0 Å². The lowest BCUT2D eigenvalue weighted by Crippen LogP contribution is -1.99. The molecule has 0 saturated heterocycles. The second-order valence-electron chi connectivity index (χ2n) is 3.62. The molecular weight excluding hydrogens is 222 g/mol. The van der Waals surface area contributed by atoms with E-state index in [0.717, 1.165) is 11.1 Å². The lowest BCUT2D eigenvalue weighted by atomic mass is 10.0. The summed E-state index contributed by atoms with van der Waals surface area (Å²) in [5, 5.41) is 0.285. The van der Waals surface area contributed by atoms with Crippen molar-refractivity contribution >= 4 is 23.0 Å². The third-order valence-electron chi connectivity index (χ3n) is 2.43. The molecule has 0 amide bonds. The normalized spacial score (nSPS) is 10.4. The molecule has 0 fully saturated rings. The molecule has 0 aliphatic carbocycles. The van der Waals surface area contributed by atoms with Gasteiger partial charge in [-0.3, -0.25) is 0 Å². The van der Waals surface area contributed by atoms with Crippen LogP contribution < -0.4 is 11.5 Å². The Balaban J connectivity index is 2.65. The van der Waals surface area contributed by atoms with Gasteiger partial charge in [0.25, 0.3) is 0 Å². The van der Waals surface area contributed by atoms with Crippen LogP contribution in [0.2, 0.25) is 5.15 Å². The van der Waals surface area contributed by atoms with E-state index in [2.05, 4.69) is 4.98 Å². The van der Waals surface area contributed by atoms with Gasteiger partial charge in [0.05, 0.1) is 17.1 Å². The first-order valence-electron chi connectivity index (χ1n) is 4.87. The van der Waals surface area contributed by atoms with Gasteiger partial charge < -0.3 is 11.5 Å². The molecule has 0 atom stereocenters. The van der Waals surface area contributed by atoms with E-state index in [0.29, 0.717) is 17.1 Å². The highest BCUT2D eigenvalue weighted by atomic mass is 35.5. The summed E-state index contributed by atoms with van der Waals surface area (Å²) < 4.78 is 0. The fourth-order valence-electron chi connectivity index (χ4n) is 1.58. The predicted molar refractivity (Wildman–Crippen MR) is 68.2 cm³/mol. The van der Waals surface area contributed by atoms with Crippen molar-refractivity contribution in [1.29, 1.82) is 0 Å². The molecule has 0 aliphatic heterocycles. The summed E-state index contributed by atoms with van der Waals surface area (Å²) in [6.45, 7) is 2.00. The number of nitrogens with two attached hydrogens (primary N) is 2. The van der Waals surface area contributed by atoms with Gasteiger partial charge in [0, 0.05) is 5.56 Å². The second kappa shape index (κ2) is 4.02. The average Bonchev–Trinajstić information content (AvgIpc) is 2.25. The van der Waals surface area contributed by atoms with Crippen LogP contribution in [0.1, 0.15) is 5.56 Å². The SMILES string of the molecule is Cc1ccccc1-c1nc(Cl)c(N)cc1N. The molecule has 0 spiro atoms.